The molecule has 34 heavy (non-hydrogen) atoms. The Morgan fingerprint density at radius 2 is 1.65 bits per heavy atom. The molecular weight excluding hydrogens is 515 g/mol. The molecule has 1 aliphatic heterocycles. The van der Waals surface area contributed by atoms with E-state index in [1.807, 2.05) is 0 Å². The minimum atomic E-state index is -4.64. The van der Waals surface area contributed by atoms with Gasteiger partial charge >= 0.3 is 6.18 Å². The number of Topliss-reactive ketones (excluding diaryl/α,β-unsaturated/α-hetero) is 1. The topological polar surface area (TPSA) is 66.8 Å². The molecule has 1 aliphatic rings. The summed E-state index contributed by atoms with van der Waals surface area (Å²) in [4.78, 5) is 27.2. The van der Waals surface area contributed by atoms with Gasteiger partial charge in [-0.1, -0.05) is 34.1 Å². The van der Waals surface area contributed by atoms with Gasteiger partial charge in [0.15, 0.2) is 0 Å². The lowest BCUT2D eigenvalue weighted by molar-refractivity contribution is -0.137. The molecule has 1 N–H and O–H groups in total. The number of rotatable bonds is 4. The minimum Gasteiger partial charge on any atom is -0.507 e. The zero-order valence-corrected chi connectivity index (χ0v) is 19.2. The molecule has 0 radical (unpaired) electrons. The quantitative estimate of drug-likeness (QED) is 0.251. The predicted molar refractivity (Wildman–Crippen MR) is 123 cm³/mol. The van der Waals surface area contributed by atoms with Gasteiger partial charge in [0, 0.05) is 15.7 Å². The Labute approximate surface area is 201 Å². The van der Waals surface area contributed by atoms with Gasteiger partial charge in [0.25, 0.3) is 11.7 Å². The van der Waals surface area contributed by atoms with Gasteiger partial charge in [-0.05, 0) is 60.2 Å². The van der Waals surface area contributed by atoms with Crippen LogP contribution >= 0.6 is 15.9 Å². The Kier molecular flexibility index (Phi) is 6.22. The zero-order valence-electron chi connectivity index (χ0n) is 17.6. The number of hydrogen-bond donors (Lipinski definition) is 1. The second kappa shape index (κ2) is 8.98. The van der Waals surface area contributed by atoms with E-state index in [-0.39, 0.29) is 16.8 Å². The normalized spacial score (nSPS) is 17.8. The first kappa shape index (κ1) is 23.6. The van der Waals surface area contributed by atoms with Gasteiger partial charge in [-0.15, -0.1) is 0 Å². The van der Waals surface area contributed by atoms with Gasteiger partial charge in [0.05, 0.1) is 24.3 Å². The number of nitrogens with zero attached hydrogens (tertiary/aromatic N) is 1. The van der Waals surface area contributed by atoms with Gasteiger partial charge in [-0.25, -0.2) is 0 Å². The standard InChI is InChI=1S/C25H17BrF3NO4/c1-34-19-11-7-15(8-12-19)22(31)20-21(14-5-9-17(26)10-6-14)30(24(33)23(20)32)18-4-2-3-16(13-18)25(27,28)29/h2-13,21,31H,1H3. The van der Waals surface area contributed by atoms with Crippen molar-refractivity contribution < 1.29 is 32.6 Å². The molecule has 1 heterocycles. The van der Waals surface area contributed by atoms with E-state index in [1.165, 1.54) is 31.4 Å². The maximum Gasteiger partial charge on any atom is 0.416 e. The summed E-state index contributed by atoms with van der Waals surface area (Å²) >= 11 is 3.32. The Hall–Kier alpha value is -3.59. The van der Waals surface area contributed by atoms with E-state index in [0.717, 1.165) is 21.5 Å². The molecular formula is C25H17BrF3NO4. The second-order valence-electron chi connectivity index (χ2n) is 7.50. The third-order valence-electron chi connectivity index (χ3n) is 5.45. The van der Waals surface area contributed by atoms with Crippen molar-refractivity contribution >= 4 is 39.1 Å². The number of halogens is 4. The first-order valence-corrected chi connectivity index (χ1v) is 10.8. The average Bonchev–Trinajstić information content (AvgIpc) is 3.09. The van der Waals surface area contributed by atoms with Crippen molar-refractivity contribution in [3.63, 3.8) is 0 Å². The van der Waals surface area contributed by atoms with Crippen molar-refractivity contribution in [2.24, 2.45) is 0 Å². The lowest BCUT2D eigenvalue weighted by Gasteiger charge is -2.26. The number of amides is 1. The van der Waals surface area contributed by atoms with E-state index in [0.29, 0.717) is 11.3 Å². The van der Waals surface area contributed by atoms with E-state index in [1.54, 1.807) is 36.4 Å². The summed E-state index contributed by atoms with van der Waals surface area (Å²) in [5.41, 5.74) is -0.607. The monoisotopic (exact) mass is 531 g/mol. The maximum absolute atomic E-state index is 13.3. The summed E-state index contributed by atoms with van der Waals surface area (Å²) in [6.07, 6.45) is -4.64. The van der Waals surface area contributed by atoms with Gasteiger partial charge in [-0.3, -0.25) is 14.5 Å². The number of aliphatic hydroxyl groups is 1. The molecule has 0 spiro atoms. The van der Waals surface area contributed by atoms with Crippen LogP contribution < -0.4 is 9.64 Å². The number of carbonyl (C=O) groups excluding carboxylic acids is 2. The molecule has 4 rings (SSSR count). The number of carbonyl (C=O) groups is 2. The molecule has 1 saturated heterocycles. The molecule has 0 aromatic heterocycles. The van der Waals surface area contributed by atoms with Crippen LogP contribution in [0.2, 0.25) is 0 Å². The van der Waals surface area contributed by atoms with Gasteiger partial charge < -0.3 is 9.84 Å². The second-order valence-corrected chi connectivity index (χ2v) is 8.41. The first-order chi connectivity index (χ1) is 16.1. The molecule has 1 atom stereocenters. The smallest absolute Gasteiger partial charge is 0.416 e. The van der Waals surface area contributed by atoms with Crippen molar-refractivity contribution in [3.8, 4) is 5.75 Å². The van der Waals surface area contributed by atoms with Crippen molar-refractivity contribution in [2.75, 3.05) is 12.0 Å². The average molecular weight is 532 g/mol. The molecule has 1 fully saturated rings. The van der Waals surface area contributed by atoms with Crippen molar-refractivity contribution in [1.29, 1.82) is 0 Å². The highest BCUT2D eigenvalue weighted by atomic mass is 79.9. The summed E-state index contributed by atoms with van der Waals surface area (Å²) in [6.45, 7) is 0. The predicted octanol–water partition coefficient (Wildman–Crippen LogP) is 6.10. The fourth-order valence-electron chi connectivity index (χ4n) is 3.80. The van der Waals surface area contributed by atoms with Crippen LogP contribution in [-0.2, 0) is 15.8 Å². The highest BCUT2D eigenvalue weighted by Gasteiger charge is 2.47. The molecule has 1 amide bonds. The Morgan fingerprint density at radius 1 is 1.00 bits per heavy atom. The van der Waals surface area contributed by atoms with Crippen molar-refractivity contribution in [1.82, 2.24) is 0 Å². The lowest BCUT2D eigenvalue weighted by atomic mass is 9.95. The molecule has 3 aromatic rings. The van der Waals surface area contributed by atoms with E-state index in [2.05, 4.69) is 15.9 Å². The Morgan fingerprint density at radius 3 is 2.24 bits per heavy atom. The summed E-state index contributed by atoms with van der Waals surface area (Å²) in [6, 6.07) is 15.8. The van der Waals surface area contributed by atoms with Crippen LogP contribution in [0.5, 0.6) is 5.75 Å². The number of ether oxygens (including phenoxy) is 1. The molecule has 5 nitrogen and oxygen atoms in total. The third kappa shape index (κ3) is 4.31. The molecule has 0 saturated carbocycles. The maximum atomic E-state index is 13.3. The zero-order chi connectivity index (χ0) is 24.6. The number of hydrogen-bond acceptors (Lipinski definition) is 4. The molecule has 3 aromatic carbocycles. The highest BCUT2D eigenvalue weighted by molar-refractivity contribution is 9.10. The molecule has 9 heteroatoms. The van der Waals surface area contributed by atoms with Crippen LogP contribution in [0.3, 0.4) is 0 Å². The van der Waals surface area contributed by atoms with Gasteiger partial charge in [0.2, 0.25) is 0 Å². The van der Waals surface area contributed by atoms with Crippen LogP contribution in [0.4, 0.5) is 18.9 Å². The number of benzene rings is 3. The van der Waals surface area contributed by atoms with E-state index in [4.69, 9.17) is 4.74 Å². The van der Waals surface area contributed by atoms with Gasteiger partial charge in [0.1, 0.15) is 11.5 Å². The summed E-state index contributed by atoms with van der Waals surface area (Å²) in [5, 5.41) is 11.1. The number of anilines is 1. The largest absolute Gasteiger partial charge is 0.507 e. The van der Waals surface area contributed by atoms with Crippen LogP contribution in [0.25, 0.3) is 5.76 Å². The fraction of sp³-hybridized carbons (Fsp3) is 0.120. The third-order valence-corrected chi connectivity index (χ3v) is 5.97. The van der Waals surface area contributed by atoms with E-state index < -0.39 is 35.2 Å². The summed E-state index contributed by atoms with van der Waals surface area (Å²) < 4.78 is 45.9. The lowest BCUT2D eigenvalue weighted by Crippen LogP contribution is -2.29. The van der Waals surface area contributed by atoms with E-state index in [9.17, 15) is 27.9 Å². The van der Waals surface area contributed by atoms with Crippen molar-refractivity contribution in [2.45, 2.75) is 12.2 Å². The van der Waals surface area contributed by atoms with E-state index >= 15 is 0 Å². The Bertz CT molecular complexity index is 1280. The molecule has 0 aliphatic carbocycles. The van der Waals surface area contributed by atoms with Crippen LogP contribution in [0.15, 0.2) is 82.8 Å². The first-order valence-electron chi connectivity index (χ1n) is 10.00. The number of ketones is 1. The number of aliphatic hydroxyl groups excluding tert-OH is 1. The van der Waals surface area contributed by atoms with Crippen molar-refractivity contribution in [3.05, 3.63) is 99.5 Å². The van der Waals surface area contributed by atoms with Gasteiger partial charge in [-0.2, -0.15) is 13.2 Å². The molecule has 174 valence electrons. The SMILES string of the molecule is COc1ccc(C(O)=C2C(=O)C(=O)N(c3cccc(C(F)(F)F)c3)C2c2ccc(Br)cc2)cc1. The van der Waals surface area contributed by atoms with Crippen LogP contribution in [0.1, 0.15) is 22.7 Å². The summed E-state index contributed by atoms with van der Waals surface area (Å²) in [7, 11) is 1.48. The number of methoxy groups -OCH3 is 1. The fourth-order valence-corrected chi connectivity index (χ4v) is 4.06. The molecule has 1 unspecified atom stereocenters. The Balaban J connectivity index is 1.92. The van der Waals surface area contributed by atoms with Crippen LogP contribution in [0, 0.1) is 0 Å². The number of alkyl halides is 3. The minimum absolute atomic E-state index is 0.112. The summed E-state index contributed by atoms with van der Waals surface area (Å²) in [5.74, 6) is -1.96. The molecule has 0 bridgehead atoms. The highest BCUT2D eigenvalue weighted by Crippen LogP contribution is 2.43. The van der Waals surface area contributed by atoms with Crippen LogP contribution in [-0.4, -0.2) is 23.9 Å².